The summed E-state index contributed by atoms with van der Waals surface area (Å²) in [6.45, 7) is 9.15. The molecule has 2 atom stereocenters. The molecular formula is C27H31NO3. The Balaban J connectivity index is 1.61. The second-order valence-electron chi connectivity index (χ2n) is 9.60. The first kappa shape index (κ1) is 21.4. The minimum absolute atomic E-state index is 0.0193. The minimum atomic E-state index is -0.184. The van der Waals surface area contributed by atoms with Crippen LogP contribution in [0.25, 0.3) is 0 Å². The minimum Gasteiger partial charge on any atom is -0.494 e. The average molecular weight is 418 g/mol. The first-order valence-electron chi connectivity index (χ1n) is 11.2. The number of carbonyl (C=O) groups is 2. The van der Waals surface area contributed by atoms with E-state index in [1.54, 1.807) is 0 Å². The van der Waals surface area contributed by atoms with Crippen molar-refractivity contribution in [3.63, 3.8) is 0 Å². The maximum atomic E-state index is 13.3. The number of amides is 1. The number of nitrogens with one attached hydrogen (secondary N) is 1. The molecule has 31 heavy (non-hydrogen) atoms. The summed E-state index contributed by atoms with van der Waals surface area (Å²) in [7, 11) is 0. The van der Waals surface area contributed by atoms with Crippen molar-refractivity contribution in [3.8, 4) is 5.75 Å². The van der Waals surface area contributed by atoms with Gasteiger partial charge in [-0.1, -0.05) is 57.2 Å². The van der Waals surface area contributed by atoms with Gasteiger partial charge in [-0.3, -0.25) is 9.59 Å². The summed E-state index contributed by atoms with van der Waals surface area (Å²) in [5.41, 5.74) is 5.11. The van der Waals surface area contributed by atoms with Crippen molar-refractivity contribution in [2.45, 2.75) is 64.2 Å². The molecule has 0 radical (unpaired) electrons. The van der Waals surface area contributed by atoms with Gasteiger partial charge in [-0.05, 0) is 53.5 Å². The summed E-state index contributed by atoms with van der Waals surface area (Å²) in [5, 5.41) is 3.01. The van der Waals surface area contributed by atoms with E-state index < -0.39 is 0 Å². The summed E-state index contributed by atoms with van der Waals surface area (Å²) in [6.07, 6.45) is 1.48. The monoisotopic (exact) mass is 417 g/mol. The predicted octanol–water partition coefficient (Wildman–Crippen LogP) is 5.39. The van der Waals surface area contributed by atoms with Crippen molar-refractivity contribution in [3.05, 3.63) is 76.5 Å². The summed E-state index contributed by atoms with van der Waals surface area (Å²) in [4.78, 5) is 25.8. The van der Waals surface area contributed by atoms with Gasteiger partial charge in [0.25, 0.3) is 0 Å². The van der Waals surface area contributed by atoms with Crippen LogP contribution >= 0.6 is 0 Å². The number of hydrogen-bond donors (Lipinski definition) is 1. The second-order valence-corrected chi connectivity index (χ2v) is 9.60. The smallest absolute Gasteiger partial charge is 0.225 e. The van der Waals surface area contributed by atoms with Gasteiger partial charge in [0.05, 0.1) is 6.61 Å². The van der Waals surface area contributed by atoms with Gasteiger partial charge < -0.3 is 10.1 Å². The summed E-state index contributed by atoms with van der Waals surface area (Å²) < 4.78 is 5.53. The molecule has 2 aliphatic rings. The number of benzene rings is 2. The molecule has 1 aliphatic carbocycles. The summed E-state index contributed by atoms with van der Waals surface area (Å²) in [5.74, 6) is 0.837. The van der Waals surface area contributed by atoms with Crippen LogP contribution in [0.5, 0.6) is 5.75 Å². The number of allylic oxidation sites excluding steroid dienone is 2. The molecule has 2 aromatic rings. The van der Waals surface area contributed by atoms with E-state index in [0.29, 0.717) is 25.9 Å². The largest absolute Gasteiger partial charge is 0.494 e. The zero-order valence-electron chi connectivity index (χ0n) is 18.8. The number of carbonyl (C=O) groups excluding carboxylic acids is 2. The third-order valence-corrected chi connectivity index (χ3v) is 6.38. The summed E-state index contributed by atoms with van der Waals surface area (Å²) in [6, 6.07) is 16.4. The Hall–Kier alpha value is -2.88. The van der Waals surface area contributed by atoms with Crippen LogP contribution in [0.1, 0.15) is 75.5 Å². The average Bonchev–Trinajstić information content (AvgIpc) is 2.73. The van der Waals surface area contributed by atoms with Crippen LogP contribution in [0.2, 0.25) is 0 Å². The van der Waals surface area contributed by atoms with Crippen molar-refractivity contribution < 1.29 is 14.3 Å². The van der Waals surface area contributed by atoms with E-state index in [-0.39, 0.29) is 28.9 Å². The van der Waals surface area contributed by atoms with Crippen molar-refractivity contribution in [2.24, 2.45) is 0 Å². The third kappa shape index (κ3) is 4.43. The van der Waals surface area contributed by atoms with Gasteiger partial charge in [0, 0.05) is 30.0 Å². The zero-order chi connectivity index (χ0) is 22.2. The molecule has 0 bridgehead atoms. The maximum Gasteiger partial charge on any atom is 0.225 e. The first-order chi connectivity index (χ1) is 14.8. The van der Waals surface area contributed by atoms with Gasteiger partial charge in [-0.15, -0.1) is 0 Å². The van der Waals surface area contributed by atoms with Gasteiger partial charge in [0.1, 0.15) is 5.75 Å². The van der Waals surface area contributed by atoms with Gasteiger partial charge in [-0.25, -0.2) is 0 Å². The second kappa shape index (κ2) is 8.33. The molecule has 2 unspecified atom stereocenters. The fourth-order valence-electron chi connectivity index (χ4n) is 4.70. The number of rotatable bonds is 4. The van der Waals surface area contributed by atoms with Crippen molar-refractivity contribution in [1.82, 2.24) is 5.32 Å². The molecule has 4 rings (SSSR count). The topological polar surface area (TPSA) is 55.4 Å². The number of ketones is 1. The molecule has 162 valence electrons. The third-order valence-electron chi connectivity index (χ3n) is 6.38. The molecular weight excluding hydrogens is 386 g/mol. The molecule has 1 heterocycles. The standard InChI is InChI=1S/C27H31NO3/c1-5-31-21-12-8-18(9-13-21)22-16-25(30)28-23-14-19(15-24(29)26(22)23)17-6-10-20(11-7-17)27(2,3)4/h6-13,19,22H,5,14-16H2,1-4H3,(H,28,30). The van der Waals surface area contributed by atoms with E-state index in [1.165, 1.54) is 5.56 Å². The van der Waals surface area contributed by atoms with Crippen LogP contribution in [0, 0.1) is 0 Å². The Morgan fingerprint density at radius 1 is 0.903 bits per heavy atom. The Morgan fingerprint density at radius 3 is 2.16 bits per heavy atom. The van der Waals surface area contributed by atoms with Crippen LogP contribution in [-0.4, -0.2) is 18.3 Å². The molecule has 0 spiro atoms. The van der Waals surface area contributed by atoms with Crippen LogP contribution in [0.15, 0.2) is 59.8 Å². The van der Waals surface area contributed by atoms with E-state index in [4.69, 9.17) is 4.74 Å². The molecule has 0 aromatic heterocycles. The lowest BCUT2D eigenvalue weighted by Crippen LogP contribution is -2.38. The van der Waals surface area contributed by atoms with Gasteiger partial charge in [0.2, 0.25) is 5.91 Å². The van der Waals surface area contributed by atoms with E-state index in [9.17, 15) is 9.59 Å². The molecule has 4 nitrogen and oxygen atoms in total. The van der Waals surface area contributed by atoms with Crippen molar-refractivity contribution >= 4 is 11.7 Å². The van der Waals surface area contributed by atoms with Gasteiger partial charge >= 0.3 is 0 Å². The highest BCUT2D eigenvalue weighted by molar-refractivity contribution is 6.02. The van der Waals surface area contributed by atoms with E-state index in [0.717, 1.165) is 28.1 Å². The van der Waals surface area contributed by atoms with Crippen LogP contribution < -0.4 is 10.1 Å². The molecule has 1 amide bonds. The number of hydrogen-bond acceptors (Lipinski definition) is 3. The summed E-state index contributed by atoms with van der Waals surface area (Å²) >= 11 is 0. The molecule has 0 saturated carbocycles. The SMILES string of the molecule is CCOc1ccc(C2CC(=O)NC3=C2C(=O)CC(c2ccc(C(C)(C)C)cc2)C3)cc1. The van der Waals surface area contributed by atoms with Crippen LogP contribution in [-0.2, 0) is 15.0 Å². The van der Waals surface area contributed by atoms with Crippen LogP contribution in [0.4, 0.5) is 0 Å². The lowest BCUT2D eigenvalue weighted by Gasteiger charge is -2.34. The molecule has 0 fully saturated rings. The van der Waals surface area contributed by atoms with E-state index in [1.807, 2.05) is 31.2 Å². The molecule has 1 aliphatic heterocycles. The number of Topliss-reactive ketones (excluding diaryl/α,β-unsaturated/α-hetero) is 1. The highest BCUT2D eigenvalue weighted by Crippen LogP contribution is 2.43. The highest BCUT2D eigenvalue weighted by atomic mass is 16.5. The first-order valence-corrected chi connectivity index (χ1v) is 11.2. The zero-order valence-corrected chi connectivity index (χ0v) is 18.8. The molecule has 4 heteroatoms. The molecule has 2 aromatic carbocycles. The Labute approximate surface area is 184 Å². The van der Waals surface area contributed by atoms with Gasteiger partial charge in [-0.2, -0.15) is 0 Å². The van der Waals surface area contributed by atoms with E-state index in [2.05, 4.69) is 50.4 Å². The molecule has 1 N–H and O–H groups in total. The van der Waals surface area contributed by atoms with Crippen molar-refractivity contribution in [2.75, 3.05) is 6.61 Å². The lowest BCUT2D eigenvalue weighted by atomic mass is 9.73. The quantitative estimate of drug-likeness (QED) is 0.726. The van der Waals surface area contributed by atoms with Gasteiger partial charge in [0.15, 0.2) is 5.78 Å². The fraction of sp³-hybridized carbons (Fsp3) is 0.407. The van der Waals surface area contributed by atoms with Crippen LogP contribution in [0.3, 0.4) is 0 Å². The Kier molecular flexibility index (Phi) is 5.74. The lowest BCUT2D eigenvalue weighted by molar-refractivity contribution is -0.122. The molecule has 0 saturated heterocycles. The normalized spacial score (nSPS) is 21.5. The van der Waals surface area contributed by atoms with Crippen molar-refractivity contribution in [1.29, 1.82) is 0 Å². The Morgan fingerprint density at radius 2 is 1.55 bits per heavy atom. The number of ether oxygens (including phenoxy) is 1. The predicted molar refractivity (Wildman–Crippen MR) is 122 cm³/mol. The fourth-order valence-corrected chi connectivity index (χ4v) is 4.70. The van der Waals surface area contributed by atoms with E-state index >= 15 is 0 Å². The Bertz CT molecular complexity index is 1010. The maximum absolute atomic E-state index is 13.3. The highest BCUT2D eigenvalue weighted by Gasteiger charge is 2.38.